The fraction of sp³-hybridized carbons (Fsp3) is 0.769. The zero-order valence-electron chi connectivity index (χ0n) is 11.5. The summed E-state index contributed by atoms with van der Waals surface area (Å²) >= 11 is 0. The Morgan fingerprint density at radius 3 is 2.58 bits per heavy atom. The number of nitrogens with zero attached hydrogens (tertiary/aromatic N) is 1. The van der Waals surface area contributed by atoms with Gasteiger partial charge in [-0.2, -0.15) is 0 Å². The van der Waals surface area contributed by atoms with E-state index in [9.17, 15) is 14.4 Å². The molecule has 1 rings (SSSR count). The van der Waals surface area contributed by atoms with Gasteiger partial charge in [-0.05, 0) is 18.8 Å². The van der Waals surface area contributed by atoms with Crippen LogP contribution < -0.4 is 5.32 Å². The number of amides is 2. The molecule has 108 valence electrons. The lowest BCUT2D eigenvalue weighted by molar-refractivity contribution is -0.141. The molecule has 0 aromatic carbocycles. The van der Waals surface area contributed by atoms with E-state index in [0.717, 1.165) is 6.42 Å². The lowest BCUT2D eigenvalue weighted by Crippen LogP contribution is -2.39. The van der Waals surface area contributed by atoms with Crippen molar-refractivity contribution in [2.45, 2.75) is 33.1 Å². The molecule has 1 saturated heterocycles. The van der Waals surface area contributed by atoms with Gasteiger partial charge in [0.15, 0.2) is 0 Å². The fourth-order valence-electron chi connectivity index (χ4n) is 1.98. The number of aliphatic carboxylic acids is 1. The Morgan fingerprint density at radius 1 is 1.37 bits per heavy atom. The van der Waals surface area contributed by atoms with Gasteiger partial charge < -0.3 is 15.3 Å². The zero-order chi connectivity index (χ0) is 14.4. The van der Waals surface area contributed by atoms with Crippen LogP contribution in [0.15, 0.2) is 0 Å². The van der Waals surface area contributed by atoms with Crippen LogP contribution >= 0.6 is 0 Å². The van der Waals surface area contributed by atoms with Crippen molar-refractivity contribution >= 4 is 17.8 Å². The molecule has 1 fully saturated rings. The second-order valence-electron chi connectivity index (χ2n) is 5.37. The third kappa shape index (κ3) is 5.28. The molecule has 0 aliphatic carbocycles. The van der Waals surface area contributed by atoms with E-state index in [2.05, 4.69) is 5.32 Å². The van der Waals surface area contributed by atoms with Crippen molar-refractivity contribution < 1.29 is 19.5 Å². The maximum absolute atomic E-state index is 11.8. The molecule has 1 heterocycles. The summed E-state index contributed by atoms with van der Waals surface area (Å²) in [6.07, 6.45) is 1.70. The fourth-order valence-corrected chi connectivity index (χ4v) is 1.98. The Morgan fingerprint density at radius 2 is 2.05 bits per heavy atom. The molecule has 1 aliphatic heterocycles. The molecule has 1 aliphatic rings. The van der Waals surface area contributed by atoms with Gasteiger partial charge in [-0.15, -0.1) is 0 Å². The number of carbonyl (C=O) groups excluding carboxylic acids is 2. The maximum atomic E-state index is 11.8. The van der Waals surface area contributed by atoms with Gasteiger partial charge >= 0.3 is 5.97 Å². The van der Waals surface area contributed by atoms with Crippen molar-refractivity contribution in [3.05, 3.63) is 0 Å². The minimum absolute atomic E-state index is 0.0384. The first-order valence-electron chi connectivity index (χ1n) is 6.67. The highest BCUT2D eigenvalue weighted by molar-refractivity contribution is 5.85. The van der Waals surface area contributed by atoms with E-state index in [1.54, 1.807) is 0 Å². The van der Waals surface area contributed by atoms with Crippen molar-refractivity contribution in [3.8, 4) is 0 Å². The Balaban J connectivity index is 2.25. The number of carboxylic acids is 1. The SMILES string of the molecule is CC(C)CCC(=O)NCC(=O)N1CCC(C(=O)O)C1. The summed E-state index contributed by atoms with van der Waals surface area (Å²) in [5.41, 5.74) is 0. The van der Waals surface area contributed by atoms with Crippen LogP contribution in [-0.2, 0) is 14.4 Å². The van der Waals surface area contributed by atoms with Crippen molar-refractivity contribution in [1.29, 1.82) is 0 Å². The molecule has 6 nitrogen and oxygen atoms in total. The van der Waals surface area contributed by atoms with Crippen LogP contribution in [0.3, 0.4) is 0 Å². The molecule has 0 aromatic heterocycles. The lowest BCUT2D eigenvalue weighted by Gasteiger charge is -2.16. The minimum Gasteiger partial charge on any atom is -0.481 e. The highest BCUT2D eigenvalue weighted by atomic mass is 16.4. The summed E-state index contributed by atoms with van der Waals surface area (Å²) in [5.74, 6) is -1.22. The van der Waals surface area contributed by atoms with E-state index < -0.39 is 11.9 Å². The molecule has 0 bridgehead atoms. The van der Waals surface area contributed by atoms with Crippen LogP contribution in [-0.4, -0.2) is 47.4 Å². The summed E-state index contributed by atoms with van der Waals surface area (Å²) in [5, 5.41) is 11.4. The molecular formula is C13H22N2O4. The molecule has 1 atom stereocenters. The molecule has 6 heteroatoms. The van der Waals surface area contributed by atoms with Gasteiger partial charge in [0.25, 0.3) is 0 Å². The third-order valence-corrected chi connectivity index (χ3v) is 3.28. The van der Waals surface area contributed by atoms with Gasteiger partial charge in [0, 0.05) is 19.5 Å². The Hall–Kier alpha value is -1.59. The quantitative estimate of drug-likeness (QED) is 0.734. The van der Waals surface area contributed by atoms with Crippen LogP contribution in [0, 0.1) is 11.8 Å². The molecule has 19 heavy (non-hydrogen) atoms. The highest BCUT2D eigenvalue weighted by Gasteiger charge is 2.30. The smallest absolute Gasteiger partial charge is 0.308 e. The van der Waals surface area contributed by atoms with Gasteiger partial charge in [-0.25, -0.2) is 0 Å². The number of carboxylic acid groups (broad SMARTS) is 1. The molecule has 2 amide bonds. The predicted molar refractivity (Wildman–Crippen MR) is 69.4 cm³/mol. The van der Waals surface area contributed by atoms with Gasteiger partial charge in [-0.3, -0.25) is 14.4 Å². The predicted octanol–water partition coefficient (Wildman–Crippen LogP) is 0.472. The number of carbonyl (C=O) groups is 3. The maximum Gasteiger partial charge on any atom is 0.308 e. The average Bonchev–Trinajstić information content (AvgIpc) is 2.83. The van der Waals surface area contributed by atoms with E-state index in [-0.39, 0.29) is 24.9 Å². The van der Waals surface area contributed by atoms with Gasteiger partial charge in [0.1, 0.15) is 0 Å². The first-order valence-corrected chi connectivity index (χ1v) is 6.67. The number of hydrogen-bond donors (Lipinski definition) is 2. The molecule has 0 aromatic rings. The first-order chi connectivity index (χ1) is 8.90. The van der Waals surface area contributed by atoms with Gasteiger partial charge in [0.2, 0.25) is 11.8 Å². The van der Waals surface area contributed by atoms with Crippen molar-refractivity contribution in [2.24, 2.45) is 11.8 Å². The number of hydrogen-bond acceptors (Lipinski definition) is 3. The van der Waals surface area contributed by atoms with Crippen LogP contribution in [0.25, 0.3) is 0 Å². The monoisotopic (exact) mass is 270 g/mol. The molecule has 1 unspecified atom stereocenters. The molecule has 0 radical (unpaired) electrons. The van der Waals surface area contributed by atoms with Crippen LogP contribution in [0.4, 0.5) is 0 Å². The van der Waals surface area contributed by atoms with E-state index in [4.69, 9.17) is 5.11 Å². The van der Waals surface area contributed by atoms with Crippen LogP contribution in [0.2, 0.25) is 0 Å². The van der Waals surface area contributed by atoms with E-state index >= 15 is 0 Å². The highest BCUT2D eigenvalue weighted by Crippen LogP contribution is 2.16. The molecule has 2 N–H and O–H groups in total. The van der Waals surface area contributed by atoms with Gasteiger partial charge in [-0.1, -0.05) is 13.8 Å². The van der Waals surface area contributed by atoms with E-state index in [1.807, 2.05) is 13.8 Å². The summed E-state index contributed by atoms with van der Waals surface area (Å²) in [6.45, 7) is 4.74. The number of nitrogens with one attached hydrogen (secondary N) is 1. The van der Waals surface area contributed by atoms with Crippen LogP contribution in [0.5, 0.6) is 0 Å². The summed E-state index contributed by atoms with van der Waals surface area (Å²) < 4.78 is 0. The molecule has 0 spiro atoms. The summed E-state index contributed by atoms with van der Waals surface area (Å²) in [4.78, 5) is 35.5. The van der Waals surface area contributed by atoms with Crippen LogP contribution in [0.1, 0.15) is 33.1 Å². The first kappa shape index (κ1) is 15.5. The number of likely N-dealkylation sites (tertiary alicyclic amines) is 1. The zero-order valence-corrected chi connectivity index (χ0v) is 11.5. The van der Waals surface area contributed by atoms with Crippen molar-refractivity contribution in [2.75, 3.05) is 19.6 Å². The van der Waals surface area contributed by atoms with Gasteiger partial charge in [0.05, 0.1) is 12.5 Å². The Kier molecular flexibility index (Phi) is 5.79. The van der Waals surface area contributed by atoms with E-state index in [0.29, 0.717) is 25.3 Å². The second-order valence-corrected chi connectivity index (χ2v) is 5.37. The average molecular weight is 270 g/mol. The van der Waals surface area contributed by atoms with E-state index in [1.165, 1.54) is 4.90 Å². The Bertz CT molecular complexity index is 355. The Labute approximate surface area is 113 Å². The lowest BCUT2D eigenvalue weighted by atomic mass is 10.1. The summed E-state index contributed by atoms with van der Waals surface area (Å²) in [6, 6.07) is 0. The topological polar surface area (TPSA) is 86.7 Å². The third-order valence-electron chi connectivity index (χ3n) is 3.28. The number of rotatable bonds is 6. The van der Waals surface area contributed by atoms with Crippen molar-refractivity contribution in [3.63, 3.8) is 0 Å². The molecule has 0 saturated carbocycles. The largest absolute Gasteiger partial charge is 0.481 e. The normalized spacial score (nSPS) is 18.7. The summed E-state index contributed by atoms with van der Waals surface area (Å²) in [7, 11) is 0. The van der Waals surface area contributed by atoms with Crippen molar-refractivity contribution in [1.82, 2.24) is 10.2 Å². The molecular weight excluding hydrogens is 248 g/mol. The standard InChI is InChI=1S/C13H22N2O4/c1-9(2)3-4-11(16)14-7-12(17)15-6-5-10(8-15)13(18)19/h9-10H,3-8H2,1-2H3,(H,14,16)(H,18,19). The second kappa shape index (κ2) is 7.11. The minimum atomic E-state index is -0.865.